The molecule has 1 heterocycles. The Kier molecular flexibility index (Phi) is 2.93. The molecule has 1 aromatic carbocycles. The Bertz CT molecular complexity index is 484. The molecule has 0 aliphatic rings. The molecule has 0 unspecified atom stereocenters. The van der Waals surface area contributed by atoms with E-state index in [9.17, 15) is 0 Å². The number of nitrogen functional groups attached to an aromatic ring is 1. The number of aromatic nitrogens is 1. The van der Waals surface area contributed by atoms with Crippen LogP contribution in [0.1, 0.15) is 0 Å². The third-order valence-electron chi connectivity index (χ3n) is 1.91. The fourth-order valence-electron chi connectivity index (χ4n) is 1.26. The molecule has 0 saturated carbocycles. The molecule has 2 rings (SSSR count). The van der Waals surface area contributed by atoms with Gasteiger partial charge in [-0.05, 0) is 18.2 Å². The largest absolute Gasteiger partial charge is 0.496 e. The van der Waals surface area contributed by atoms with Crippen molar-refractivity contribution >= 4 is 33.1 Å². The number of nitrogens with zero attached hydrogens (tertiary/aromatic N) is 1. The average molecular weight is 285 g/mol. The summed E-state index contributed by atoms with van der Waals surface area (Å²) in [5, 5.41) is 2.68. The van der Waals surface area contributed by atoms with E-state index in [1.807, 2.05) is 23.6 Å². The number of thiazole rings is 1. The van der Waals surface area contributed by atoms with Crippen LogP contribution in [-0.2, 0) is 0 Å². The number of hydrogen-bond donors (Lipinski definition) is 1. The van der Waals surface area contributed by atoms with Gasteiger partial charge in [0.25, 0.3) is 0 Å². The van der Waals surface area contributed by atoms with Gasteiger partial charge in [0.2, 0.25) is 0 Å². The Labute approximate surface area is 100 Å². The molecule has 1 aromatic heterocycles. The first-order valence-electron chi connectivity index (χ1n) is 4.25. The van der Waals surface area contributed by atoms with E-state index >= 15 is 0 Å². The van der Waals surface area contributed by atoms with Gasteiger partial charge in [0, 0.05) is 9.85 Å². The highest BCUT2D eigenvalue weighted by molar-refractivity contribution is 9.10. The lowest BCUT2D eigenvalue weighted by molar-refractivity contribution is 0.416. The van der Waals surface area contributed by atoms with E-state index in [0.717, 1.165) is 20.8 Å². The molecule has 0 aliphatic heterocycles. The Balaban J connectivity index is 2.55. The number of ether oxygens (including phenoxy) is 1. The molecule has 5 heteroatoms. The highest BCUT2D eigenvalue weighted by Gasteiger charge is 2.09. The van der Waals surface area contributed by atoms with Gasteiger partial charge in [-0.15, -0.1) is 11.3 Å². The predicted molar refractivity (Wildman–Crippen MR) is 66.2 cm³/mol. The molecule has 0 fully saturated rings. The summed E-state index contributed by atoms with van der Waals surface area (Å²) in [4.78, 5) is 4.23. The maximum absolute atomic E-state index is 5.59. The van der Waals surface area contributed by atoms with Crippen molar-refractivity contribution in [3.8, 4) is 16.3 Å². The lowest BCUT2D eigenvalue weighted by Crippen LogP contribution is -1.88. The Morgan fingerprint density at radius 1 is 1.47 bits per heavy atom. The fourth-order valence-corrected chi connectivity index (χ4v) is 2.35. The van der Waals surface area contributed by atoms with Crippen molar-refractivity contribution in [3.63, 3.8) is 0 Å². The van der Waals surface area contributed by atoms with Crippen LogP contribution in [0, 0.1) is 0 Å². The maximum Gasteiger partial charge on any atom is 0.135 e. The quantitative estimate of drug-likeness (QED) is 0.922. The van der Waals surface area contributed by atoms with Crippen molar-refractivity contribution in [1.29, 1.82) is 0 Å². The summed E-state index contributed by atoms with van der Waals surface area (Å²) in [5.74, 6) is 1.34. The number of anilines is 1. The first-order chi connectivity index (χ1) is 7.20. The highest BCUT2D eigenvalue weighted by atomic mass is 79.9. The Hall–Kier alpha value is -1.07. The minimum atomic E-state index is 0.539. The number of nitrogens with two attached hydrogens (primary N) is 1. The molecular weight excluding hydrogens is 276 g/mol. The standard InChI is InChI=1S/C10H9BrN2OS/c1-14-8-3-2-6(11)4-7(8)10-13-9(12)5-15-10/h2-5H,12H2,1H3. The molecule has 15 heavy (non-hydrogen) atoms. The van der Waals surface area contributed by atoms with Crippen LogP contribution in [-0.4, -0.2) is 12.1 Å². The molecule has 78 valence electrons. The second-order valence-corrected chi connectivity index (χ2v) is 4.70. The highest BCUT2D eigenvalue weighted by Crippen LogP contribution is 2.34. The molecular formula is C10H9BrN2OS. The second kappa shape index (κ2) is 4.20. The number of benzene rings is 1. The normalized spacial score (nSPS) is 10.3. The molecule has 0 spiro atoms. The summed E-state index contributed by atoms with van der Waals surface area (Å²) in [6, 6.07) is 5.80. The lowest BCUT2D eigenvalue weighted by atomic mass is 10.2. The van der Waals surface area contributed by atoms with Crippen molar-refractivity contribution < 1.29 is 4.74 Å². The van der Waals surface area contributed by atoms with Crippen molar-refractivity contribution in [2.75, 3.05) is 12.8 Å². The van der Waals surface area contributed by atoms with Gasteiger partial charge in [0.1, 0.15) is 16.6 Å². The Morgan fingerprint density at radius 2 is 2.27 bits per heavy atom. The molecule has 0 amide bonds. The zero-order valence-electron chi connectivity index (χ0n) is 8.03. The van der Waals surface area contributed by atoms with Gasteiger partial charge in [0.15, 0.2) is 0 Å². The molecule has 0 atom stereocenters. The third kappa shape index (κ3) is 2.13. The number of rotatable bonds is 2. The van der Waals surface area contributed by atoms with Gasteiger partial charge < -0.3 is 10.5 Å². The van der Waals surface area contributed by atoms with E-state index < -0.39 is 0 Å². The summed E-state index contributed by atoms with van der Waals surface area (Å²) in [6.07, 6.45) is 0. The number of halogens is 1. The van der Waals surface area contributed by atoms with E-state index in [2.05, 4.69) is 20.9 Å². The number of methoxy groups -OCH3 is 1. The molecule has 3 nitrogen and oxygen atoms in total. The van der Waals surface area contributed by atoms with Gasteiger partial charge in [-0.3, -0.25) is 0 Å². The van der Waals surface area contributed by atoms with Crippen LogP contribution in [0.2, 0.25) is 0 Å². The molecule has 2 aromatic rings. The van der Waals surface area contributed by atoms with Gasteiger partial charge in [-0.2, -0.15) is 0 Å². The van der Waals surface area contributed by atoms with E-state index in [1.165, 1.54) is 11.3 Å². The fraction of sp³-hybridized carbons (Fsp3) is 0.100. The van der Waals surface area contributed by atoms with Crippen molar-refractivity contribution in [2.24, 2.45) is 0 Å². The summed E-state index contributed by atoms with van der Waals surface area (Å²) in [5.41, 5.74) is 6.54. The molecule has 2 N–H and O–H groups in total. The molecule has 0 aliphatic carbocycles. The lowest BCUT2D eigenvalue weighted by Gasteiger charge is -2.05. The van der Waals surface area contributed by atoms with Gasteiger partial charge >= 0.3 is 0 Å². The minimum absolute atomic E-state index is 0.539. The van der Waals surface area contributed by atoms with Gasteiger partial charge in [-0.25, -0.2) is 4.98 Å². The average Bonchev–Trinajstić information content (AvgIpc) is 2.65. The van der Waals surface area contributed by atoms with Crippen molar-refractivity contribution in [1.82, 2.24) is 4.98 Å². The van der Waals surface area contributed by atoms with E-state index in [1.54, 1.807) is 7.11 Å². The predicted octanol–water partition coefficient (Wildman–Crippen LogP) is 3.16. The zero-order chi connectivity index (χ0) is 10.8. The maximum atomic E-state index is 5.59. The summed E-state index contributed by atoms with van der Waals surface area (Å²) in [6.45, 7) is 0. The first kappa shape index (κ1) is 10.4. The van der Waals surface area contributed by atoms with Gasteiger partial charge in [-0.1, -0.05) is 15.9 Å². The van der Waals surface area contributed by atoms with Crippen LogP contribution >= 0.6 is 27.3 Å². The van der Waals surface area contributed by atoms with E-state index in [4.69, 9.17) is 10.5 Å². The summed E-state index contributed by atoms with van der Waals surface area (Å²) < 4.78 is 6.26. The smallest absolute Gasteiger partial charge is 0.135 e. The van der Waals surface area contributed by atoms with Gasteiger partial charge in [0.05, 0.1) is 12.7 Å². The first-order valence-corrected chi connectivity index (χ1v) is 5.93. The topological polar surface area (TPSA) is 48.1 Å². The van der Waals surface area contributed by atoms with Crippen LogP contribution in [0.25, 0.3) is 10.6 Å². The second-order valence-electron chi connectivity index (χ2n) is 2.92. The molecule has 0 radical (unpaired) electrons. The van der Waals surface area contributed by atoms with Crippen LogP contribution in [0.5, 0.6) is 5.75 Å². The van der Waals surface area contributed by atoms with Crippen LogP contribution in [0.3, 0.4) is 0 Å². The third-order valence-corrected chi connectivity index (χ3v) is 3.30. The van der Waals surface area contributed by atoms with Crippen LogP contribution < -0.4 is 10.5 Å². The minimum Gasteiger partial charge on any atom is -0.496 e. The molecule has 0 saturated heterocycles. The van der Waals surface area contributed by atoms with E-state index in [0.29, 0.717) is 5.82 Å². The van der Waals surface area contributed by atoms with Crippen molar-refractivity contribution in [2.45, 2.75) is 0 Å². The summed E-state index contributed by atoms with van der Waals surface area (Å²) in [7, 11) is 1.64. The van der Waals surface area contributed by atoms with Crippen LogP contribution in [0.15, 0.2) is 28.1 Å². The van der Waals surface area contributed by atoms with Crippen molar-refractivity contribution in [3.05, 3.63) is 28.1 Å². The Morgan fingerprint density at radius 3 is 2.87 bits per heavy atom. The van der Waals surface area contributed by atoms with E-state index in [-0.39, 0.29) is 0 Å². The molecule has 0 bridgehead atoms. The number of hydrogen-bond acceptors (Lipinski definition) is 4. The summed E-state index contributed by atoms with van der Waals surface area (Å²) >= 11 is 4.92. The monoisotopic (exact) mass is 284 g/mol. The van der Waals surface area contributed by atoms with Crippen LogP contribution in [0.4, 0.5) is 5.82 Å². The zero-order valence-corrected chi connectivity index (χ0v) is 10.4. The SMILES string of the molecule is COc1ccc(Br)cc1-c1nc(N)cs1.